The Bertz CT molecular complexity index is 1090. The van der Waals surface area contributed by atoms with Crippen molar-refractivity contribution >= 4 is 33.5 Å². The standard InChI is InChI=1S/C19H22N4O6S/c1-19(2,3)29-18(25)21-10-12-9-13(11-20-16(12)28-4)23-17(24)22-14-7-5-6-8-15(14)30(23,26)27/h5-9,11H,10H2,1-4H3,(H,21,25)(H,22,24). The van der Waals surface area contributed by atoms with Crippen molar-refractivity contribution in [1.29, 1.82) is 0 Å². The van der Waals surface area contributed by atoms with Crippen LogP contribution in [0.3, 0.4) is 0 Å². The average Bonchev–Trinajstić information content (AvgIpc) is 2.65. The molecule has 0 spiro atoms. The van der Waals surface area contributed by atoms with E-state index >= 15 is 0 Å². The quantitative estimate of drug-likeness (QED) is 0.757. The number of urea groups is 1. The number of anilines is 2. The maximum Gasteiger partial charge on any atom is 0.407 e. The number of nitrogens with one attached hydrogen (secondary N) is 2. The Morgan fingerprint density at radius 3 is 2.63 bits per heavy atom. The zero-order chi connectivity index (χ0) is 22.1. The number of rotatable bonds is 4. The van der Waals surface area contributed by atoms with Gasteiger partial charge in [-0.25, -0.2) is 23.0 Å². The third kappa shape index (κ3) is 4.30. The van der Waals surface area contributed by atoms with Crippen molar-refractivity contribution in [2.24, 2.45) is 0 Å². The van der Waals surface area contributed by atoms with Crippen molar-refractivity contribution in [2.45, 2.75) is 37.8 Å². The minimum Gasteiger partial charge on any atom is -0.481 e. The summed E-state index contributed by atoms with van der Waals surface area (Å²) in [7, 11) is -2.76. The molecule has 1 aromatic carbocycles. The maximum absolute atomic E-state index is 13.0. The summed E-state index contributed by atoms with van der Waals surface area (Å²) in [5.41, 5.74) is -0.111. The zero-order valence-corrected chi connectivity index (χ0v) is 17.7. The molecule has 0 aliphatic carbocycles. The smallest absolute Gasteiger partial charge is 0.407 e. The van der Waals surface area contributed by atoms with E-state index in [0.717, 1.165) is 0 Å². The lowest BCUT2D eigenvalue weighted by Gasteiger charge is -2.28. The molecule has 10 nitrogen and oxygen atoms in total. The van der Waals surface area contributed by atoms with Crippen LogP contribution in [0.15, 0.2) is 41.4 Å². The lowest BCUT2D eigenvalue weighted by molar-refractivity contribution is 0.0523. The van der Waals surface area contributed by atoms with Gasteiger partial charge in [0, 0.05) is 5.56 Å². The van der Waals surface area contributed by atoms with Gasteiger partial charge in [0.25, 0.3) is 10.0 Å². The topological polar surface area (TPSA) is 127 Å². The predicted molar refractivity (Wildman–Crippen MR) is 109 cm³/mol. The molecule has 2 aromatic rings. The third-order valence-corrected chi connectivity index (χ3v) is 5.76. The van der Waals surface area contributed by atoms with Gasteiger partial charge in [-0.15, -0.1) is 0 Å². The van der Waals surface area contributed by atoms with Crippen LogP contribution in [0.5, 0.6) is 5.88 Å². The minimum atomic E-state index is -4.15. The Kier molecular flexibility index (Phi) is 5.57. The molecular formula is C19H22N4O6S. The van der Waals surface area contributed by atoms with E-state index in [2.05, 4.69) is 15.6 Å². The van der Waals surface area contributed by atoms with E-state index in [9.17, 15) is 18.0 Å². The van der Waals surface area contributed by atoms with Crippen molar-refractivity contribution in [3.63, 3.8) is 0 Å². The summed E-state index contributed by atoms with van der Waals surface area (Å²) < 4.78 is 37.0. The minimum absolute atomic E-state index is 0.00351. The number of carbonyl (C=O) groups is 2. The van der Waals surface area contributed by atoms with Gasteiger partial charge in [-0.2, -0.15) is 4.31 Å². The highest BCUT2D eigenvalue weighted by Crippen LogP contribution is 2.34. The van der Waals surface area contributed by atoms with Crippen LogP contribution < -0.4 is 19.7 Å². The Morgan fingerprint density at radius 2 is 1.97 bits per heavy atom. The van der Waals surface area contributed by atoms with Gasteiger partial charge >= 0.3 is 12.1 Å². The number of nitrogens with zero attached hydrogens (tertiary/aromatic N) is 2. The summed E-state index contributed by atoms with van der Waals surface area (Å²) in [4.78, 5) is 28.5. The number of hydrogen-bond donors (Lipinski definition) is 2. The van der Waals surface area contributed by atoms with Crippen LogP contribution >= 0.6 is 0 Å². The molecule has 2 heterocycles. The van der Waals surface area contributed by atoms with Gasteiger partial charge in [0.05, 0.1) is 31.2 Å². The average molecular weight is 434 g/mol. The van der Waals surface area contributed by atoms with E-state index in [4.69, 9.17) is 9.47 Å². The van der Waals surface area contributed by atoms with Crippen LogP contribution in [0, 0.1) is 0 Å². The van der Waals surface area contributed by atoms with Gasteiger partial charge in [-0.3, -0.25) is 0 Å². The monoisotopic (exact) mass is 434 g/mol. The molecule has 3 amide bonds. The Balaban J connectivity index is 1.93. The van der Waals surface area contributed by atoms with Crippen LogP contribution in [0.2, 0.25) is 0 Å². The summed E-state index contributed by atoms with van der Waals surface area (Å²) in [5, 5.41) is 5.11. The largest absolute Gasteiger partial charge is 0.481 e. The predicted octanol–water partition coefficient (Wildman–Crippen LogP) is 2.86. The fourth-order valence-electron chi connectivity index (χ4n) is 2.81. The number of methoxy groups -OCH3 is 1. The first kappa shape index (κ1) is 21.4. The molecule has 1 aliphatic rings. The van der Waals surface area contributed by atoms with Crippen LogP contribution in [-0.2, 0) is 21.3 Å². The molecule has 0 bridgehead atoms. The maximum atomic E-state index is 13.0. The van der Waals surface area contributed by atoms with Crippen molar-refractivity contribution in [1.82, 2.24) is 10.3 Å². The number of aromatic nitrogens is 1. The van der Waals surface area contributed by atoms with Crippen molar-refractivity contribution in [3.8, 4) is 5.88 Å². The van der Waals surface area contributed by atoms with E-state index < -0.39 is 27.7 Å². The zero-order valence-electron chi connectivity index (χ0n) is 16.9. The number of pyridine rings is 1. The summed E-state index contributed by atoms with van der Waals surface area (Å²) in [6, 6.07) is 6.66. The number of carbonyl (C=O) groups excluding carboxylic acids is 2. The first-order valence-corrected chi connectivity index (χ1v) is 10.4. The highest BCUT2D eigenvalue weighted by atomic mass is 32.2. The van der Waals surface area contributed by atoms with Crippen molar-refractivity contribution in [3.05, 3.63) is 42.1 Å². The highest BCUT2D eigenvalue weighted by Gasteiger charge is 2.38. The summed E-state index contributed by atoms with van der Waals surface area (Å²) >= 11 is 0. The molecule has 0 saturated heterocycles. The fraction of sp³-hybridized carbons (Fsp3) is 0.316. The van der Waals surface area contributed by atoms with Crippen molar-refractivity contribution in [2.75, 3.05) is 16.7 Å². The summed E-state index contributed by atoms with van der Waals surface area (Å²) in [6.07, 6.45) is 0.549. The summed E-state index contributed by atoms with van der Waals surface area (Å²) in [5.74, 6) is 0.171. The Labute approximate surface area is 174 Å². The number of alkyl carbamates (subject to hydrolysis) is 1. The number of ether oxygens (including phenoxy) is 2. The van der Waals surface area contributed by atoms with Crippen molar-refractivity contribution < 1.29 is 27.5 Å². The molecule has 1 aromatic heterocycles. The second kappa shape index (κ2) is 7.82. The molecular weight excluding hydrogens is 412 g/mol. The van der Waals surface area contributed by atoms with Gasteiger partial charge < -0.3 is 20.1 Å². The van der Waals surface area contributed by atoms with Gasteiger partial charge in [-0.05, 0) is 39.0 Å². The molecule has 2 N–H and O–H groups in total. The van der Waals surface area contributed by atoms with Crippen LogP contribution in [-0.4, -0.2) is 38.2 Å². The molecule has 1 aliphatic heterocycles. The van der Waals surface area contributed by atoms with Gasteiger partial charge in [-0.1, -0.05) is 12.1 Å². The normalized spacial score (nSPS) is 15.1. The van der Waals surface area contributed by atoms with Crippen LogP contribution in [0.25, 0.3) is 0 Å². The second-order valence-electron chi connectivity index (χ2n) is 7.41. The van der Waals surface area contributed by atoms with E-state index in [0.29, 0.717) is 9.87 Å². The molecule has 0 fully saturated rings. The number of fused-ring (bicyclic) bond motifs is 1. The number of para-hydroxylation sites is 1. The van der Waals surface area contributed by atoms with E-state index in [1.54, 1.807) is 32.9 Å². The number of sulfonamides is 1. The molecule has 0 radical (unpaired) electrons. The third-order valence-electron chi connectivity index (χ3n) is 3.99. The molecule has 30 heavy (non-hydrogen) atoms. The molecule has 0 unspecified atom stereocenters. The van der Waals surface area contributed by atoms with Gasteiger partial charge in [0.1, 0.15) is 10.5 Å². The van der Waals surface area contributed by atoms with E-state index in [1.807, 2.05) is 0 Å². The van der Waals surface area contributed by atoms with E-state index in [1.165, 1.54) is 31.5 Å². The molecule has 3 rings (SSSR count). The number of benzene rings is 1. The first-order chi connectivity index (χ1) is 14.0. The first-order valence-electron chi connectivity index (χ1n) is 8.98. The molecule has 0 atom stereocenters. The second-order valence-corrected chi connectivity index (χ2v) is 9.17. The van der Waals surface area contributed by atoms with E-state index in [-0.39, 0.29) is 28.7 Å². The Hall–Kier alpha value is -3.34. The Morgan fingerprint density at radius 1 is 1.27 bits per heavy atom. The molecule has 160 valence electrons. The highest BCUT2D eigenvalue weighted by molar-refractivity contribution is 7.94. The number of amides is 3. The lowest BCUT2D eigenvalue weighted by atomic mass is 10.2. The van der Waals surface area contributed by atoms with Gasteiger partial charge in [0.2, 0.25) is 5.88 Å². The van der Waals surface area contributed by atoms with Crippen LogP contribution in [0.4, 0.5) is 21.0 Å². The SMILES string of the molecule is COc1ncc(N2C(=O)Nc3ccccc3S2(=O)=O)cc1CNC(=O)OC(C)(C)C. The molecule has 11 heteroatoms. The lowest BCUT2D eigenvalue weighted by Crippen LogP contribution is -2.44. The number of hydrogen-bond acceptors (Lipinski definition) is 7. The van der Waals surface area contributed by atoms with Gasteiger partial charge in [0.15, 0.2) is 0 Å². The molecule has 0 saturated carbocycles. The fourth-order valence-corrected chi connectivity index (χ4v) is 4.30. The summed E-state index contributed by atoms with van der Waals surface area (Å²) in [6.45, 7) is 5.14. The van der Waals surface area contributed by atoms with Crippen LogP contribution in [0.1, 0.15) is 26.3 Å².